The Labute approximate surface area is 84.0 Å². The predicted octanol–water partition coefficient (Wildman–Crippen LogP) is 3.60. The third-order valence-corrected chi connectivity index (χ3v) is 2.16. The van der Waals surface area contributed by atoms with Gasteiger partial charge in [-0.15, -0.1) is 6.58 Å². The van der Waals surface area contributed by atoms with Gasteiger partial charge in [0.25, 0.3) is 0 Å². The van der Waals surface area contributed by atoms with Crippen molar-refractivity contribution in [3.05, 3.63) is 47.5 Å². The average molecular weight is 197 g/mol. The lowest BCUT2D eigenvalue weighted by Gasteiger charge is -2.13. The van der Waals surface area contributed by atoms with E-state index in [1.165, 1.54) is 0 Å². The molecule has 0 heterocycles. The van der Waals surface area contributed by atoms with Crippen molar-refractivity contribution >= 4 is 11.6 Å². The number of hydrogen-bond donors (Lipinski definition) is 0. The lowest BCUT2D eigenvalue weighted by atomic mass is 10.1. The first kappa shape index (κ1) is 10.3. The second kappa shape index (κ2) is 5.05. The summed E-state index contributed by atoms with van der Waals surface area (Å²) in [7, 11) is 1.70. The van der Waals surface area contributed by atoms with E-state index >= 15 is 0 Å². The summed E-state index contributed by atoms with van der Waals surface area (Å²) in [6.45, 7) is 3.69. The zero-order chi connectivity index (χ0) is 9.68. The molecule has 2 heteroatoms. The molecule has 1 aromatic carbocycles. The van der Waals surface area contributed by atoms with Crippen molar-refractivity contribution in [2.45, 2.75) is 12.5 Å². The SMILES string of the molecule is C=CC[C@H](OC)c1ccc(Cl)cc1. The van der Waals surface area contributed by atoms with E-state index in [2.05, 4.69) is 6.58 Å². The van der Waals surface area contributed by atoms with E-state index in [0.717, 1.165) is 17.0 Å². The van der Waals surface area contributed by atoms with Crippen LogP contribution >= 0.6 is 11.6 Å². The van der Waals surface area contributed by atoms with Gasteiger partial charge in [-0.1, -0.05) is 29.8 Å². The van der Waals surface area contributed by atoms with Crippen LogP contribution in [0.2, 0.25) is 5.02 Å². The molecule has 70 valence electrons. The van der Waals surface area contributed by atoms with Crippen molar-refractivity contribution in [1.29, 1.82) is 0 Å². The molecule has 0 fully saturated rings. The molecule has 0 aliphatic rings. The lowest BCUT2D eigenvalue weighted by molar-refractivity contribution is 0.106. The molecule has 0 aliphatic heterocycles. The van der Waals surface area contributed by atoms with Gasteiger partial charge >= 0.3 is 0 Å². The molecular weight excluding hydrogens is 184 g/mol. The lowest BCUT2D eigenvalue weighted by Crippen LogP contribution is -1.99. The van der Waals surface area contributed by atoms with Gasteiger partial charge in [0, 0.05) is 12.1 Å². The Kier molecular flexibility index (Phi) is 4.00. The number of ether oxygens (including phenoxy) is 1. The molecular formula is C11H13ClO. The van der Waals surface area contributed by atoms with E-state index in [4.69, 9.17) is 16.3 Å². The molecule has 0 spiro atoms. The van der Waals surface area contributed by atoms with Gasteiger partial charge in [0.1, 0.15) is 0 Å². The summed E-state index contributed by atoms with van der Waals surface area (Å²) in [6.07, 6.45) is 2.76. The second-order valence-electron chi connectivity index (χ2n) is 2.80. The van der Waals surface area contributed by atoms with Crippen molar-refractivity contribution in [1.82, 2.24) is 0 Å². The van der Waals surface area contributed by atoms with Crippen LogP contribution in [0.4, 0.5) is 0 Å². The number of hydrogen-bond acceptors (Lipinski definition) is 1. The normalized spacial score (nSPS) is 12.5. The zero-order valence-electron chi connectivity index (χ0n) is 7.66. The van der Waals surface area contributed by atoms with Crippen LogP contribution < -0.4 is 0 Å². The van der Waals surface area contributed by atoms with Gasteiger partial charge in [0.2, 0.25) is 0 Å². The molecule has 1 aromatic rings. The van der Waals surface area contributed by atoms with Crippen molar-refractivity contribution in [3.63, 3.8) is 0 Å². The molecule has 1 nitrogen and oxygen atoms in total. The summed E-state index contributed by atoms with van der Waals surface area (Å²) in [6, 6.07) is 7.68. The summed E-state index contributed by atoms with van der Waals surface area (Å²) < 4.78 is 5.30. The van der Waals surface area contributed by atoms with E-state index in [1.54, 1.807) is 7.11 Å². The predicted molar refractivity (Wildman–Crippen MR) is 56.0 cm³/mol. The van der Waals surface area contributed by atoms with Crippen LogP contribution in [0, 0.1) is 0 Å². The Balaban J connectivity index is 2.78. The van der Waals surface area contributed by atoms with Crippen molar-refractivity contribution in [3.8, 4) is 0 Å². The maximum Gasteiger partial charge on any atom is 0.0855 e. The van der Waals surface area contributed by atoms with E-state index in [0.29, 0.717) is 0 Å². The van der Waals surface area contributed by atoms with Gasteiger partial charge in [-0.05, 0) is 24.1 Å². The fraction of sp³-hybridized carbons (Fsp3) is 0.273. The Morgan fingerprint density at radius 1 is 1.46 bits per heavy atom. The van der Waals surface area contributed by atoms with Crippen LogP contribution in [0.1, 0.15) is 18.1 Å². The highest BCUT2D eigenvalue weighted by atomic mass is 35.5. The van der Waals surface area contributed by atoms with Crippen molar-refractivity contribution < 1.29 is 4.74 Å². The van der Waals surface area contributed by atoms with E-state index in [9.17, 15) is 0 Å². The van der Waals surface area contributed by atoms with Gasteiger partial charge in [0.05, 0.1) is 6.10 Å². The summed E-state index contributed by atoms with van der Waals surface area (Å²) in [5.74, 6) is 0. The first-order chi connectivity index (χ1) is 6.27. The van der Waals surface area contributed by atoms with Gasteiger partial charge in [-0.2, -0.15) is 0 Å². The number of benzene rings is 1. The Bertz CT molecular complexity index is 266. The molecule has 0 bridgehead atoms. The van der Waals surface area contributed by atoms with Gasteiger partial charge in [-0.25, -0.2) is 0 Å². The Morgan fingerprint density at radius 2 is 2.08 bits per heavy atom. The van der Waals surface area contributed by atoms with Crippen LogP contribution in [0.15, 0.2) is 36.9 Å². The Hall–Kier alpha value is -0.790. The smallest absolute Gasteiger partial charge is 0.0855 e. The van der Waals surface area contributed by atoms with E-state index < -0.39 is 0 Å². The van der Waals surface area contributed by atoms with Gasteiger partial charge < -0.3 is 4.74 Å². The third-order valence-electron chi connectivity index (χ3n) is 1.91. The molecule has 0 unspecified atom stereocenters. The molecule has 0 amide bonds. The van der Waals surface area contributed by atoms with E-state index in [1.807, 2.05) is 30.3 Å². The van der Waals surface area contributed by atoms with Crippen LogP contribution in [-0.4, -0.2) is 7.11 Å². The molecule has 0 saturated heterocycles. The molecule has 0 aromatic heterocycles. The van der Waals surface area contributed by atoms with E-state index in [-0.39, 0.29) is 6.10 Å². The number of methoxy groups -OCH3 is 1. The molecule has 0 N–H and O–H groups in total. The minimum atomic E-state index is 0.0924. The van der Waals surface area contributed by atoms with Crippen LogP contribution in [0.5, 0.6) is 0 Å². The summed E-state index contributed by atoms with van der Waals surface area (Å²) >= 11 is 5.78. The molecule has 0 radical (unpaired) electrons. The fourth-order valence-corrected chi connectivity index (χ4v) is 1.32. The first-order valence-corrected chi connectivity index (χ1v) is 4.55. The third kappa shape index (κ3) is 2.87. The summed E-state index contributed by atoms with van der Waals surface area (Å²) in [5.41, 5.74) is 1.13. The topological polar surface area (TPSA) is 9.23 Å². The van der Waals surface area contributed by atoms with Gasteiger partial charge in [0.15, 0.2) is 0 Å². The molecule has 0 saturated carbocycles. The molecule has 1 rings (SSSR count). The highest BCUT2D eigenvalue weighted by Gasteiger charge is 2.07. The summed E-state index contributed by atoms with van der Waals surface area (Å²) in [4.78, 5) is 0. The summed E-state index contributed by atoms with van der Waals surface area (Å²) in [5, 5.41) is 0.747. The van der Waals surface area contributed by atoms with Crippen molar-refractivity contribution in [2.75, 3.05) is 7.11 Å². The standard InChI is InChI=1S/C11H13ClO/c1-3-4-11(13-2)9-5-7-10(12)8-6-9/h3,5-8,11H,1,4H2,2H3/t11-/m0/s1. The largest absolute Gasteiger partial charge is 0.376 e. The maximum absolute atomic E-state index is 5.78. The van der Waals surface area contributed by atoms with Gasteiger partial charge in [-0.3, -0.25) is 0 Å². The minimum Gasteiger partial charge on any atom is -0.376 e. The van der Waals surface area contributed by atoms with Crippen LogP contribution in [0.25, 0.3) is 0 Å². The maximum atomic E-state index is 5.78. The monoisotopic (exact) mass is 196 g/mol. The highest BCUT2D eigenvalue weighted by Crippen LogP contribution is 2.22. The quantitative estimate of drug-likeness (QED) is 0.669. The average Bonchev–Trinajstić information content (AvgIpc) is 2.16. The molecule has 13 heavy (non-hydrogen) atoms. The first-order valence-electron chi connectivity index (χ1n) is 4.17. The van der Waals surface area contributed by atoms with Crippen LogP contribution in [-0.2, 0) is 4.74 Å². The zero-order valence-corrected chi connectivity index (χ0v) is 8.42. The fourth-order valence-electron chi connectivity index (χ4n) is 1.20. The minimum absolute atomic E-state index is 0.0924. The number of halogens is 1. The second-order valence-corrected chi connectivity index (χ2v) is 3.24. The van der Waals surface area contributed by atoms with Crippen molar-refractivity contribution in [2.24, 2.45) is 0 Å². The Morgan fingerprint density at radius 3 is 2.54 bits per heavy atom. The number of rotatable bonds is 4. The molecule has 0 aliphatic carbocycles. The highest BCUT2D eigenvalue weighted by molar-refractivity contribution is 6.30. The van der Waals surface area contributed by atoms with Crippen LogP contribution in [0.3, 0.4) is 0 Å². The molecule has 1 atom stereocenters.